The van der Waals surface area contributed by atoms with Gasteiger partial charge >= 0.3 is 5.69 Å². The number of benzene rings is 1. The van der Waals surface area contributed by atoms with E-state index in [9.17, 15) is 29.8 Å². The number of nitrogens with zero attached hydrogens (tertiary/aromatic N) is 2. The van der Waals surface area contributed by atoms with E-state index < -0.39 is 45.1 Å². The summed E-state index contributed by atoms with van der Waals surface area (Å²) in [5.74, 6) is -1.09. The van der Waals surface area contributed by atoms with Crippen LogP contribution in [0.25, 0.3) is 0 Å². The molecule has 1 aromatic carbocycles. The Kier molecular flexibility index (Phi) is 4.62. The van der Waals surface area contributed by atoms with Gasteiger partial charge in [0, 0.05) is 18.1 Å². The van der Waals surface area contributed by atoms with Crippen molar-refractivity contribution >= 4 is 23.2 Å². The Balaban J connectivity index is 2.44. The van der Waals surface area contributed by atoms with Crippen molar-refractivity contribution < 1.29 is 24.2 Å². The van der Waals surface area contributed by atoms with Gasteiger partial charge in [-0.3, -0.25) is 29.8 Å². The summed E-state index contributed by atoms with van der Waals surface area (Å²) in [5, 5.41) is 27.0. The highest BCUT2D eigenvalue weighted by atomic mass is 16.6. The molecule has 0 radical (unpaired) electrons. The van der Waals surface area contributed by atoms with E-state index in [0.29, 0.717) is 0 Å². The Morgan fingerprint density at radius 2 is 1.79 bits per heavy atom. The van der Waals surface area contributed by atoms with Crippen molar-refractivity contribution in [3.8, 4) is 5.75 Å². The van der Waals surface area contributed by atoms with Crippen LogP contribution in [-0.4, -0.2) is 40.9 Å². The molecule has 11 nitrogen and oxygen atoms in total. The molecule has 2 atom stereocenters. The lowest BCUT2D eigenvalue weighted by atomic mass is 10.00. The van der Waals surface area contributed by atoms with Crippen molar-refractivity contribution in [1.29, 1.82) is 0 Å². The second-order valence-corrected chi connectivity index (χ2v) is 5.17. The Morgan fingerprint density at radius 3 is 2.33 bits per heavy atom. The molecule has 2 rings (SSSR count). The number of rotatable bonds is 5. The fraction of sp³-hybridized carbons (Fsp3) is 0.385. The van der Waals surface area contributed by atoms with Crippen molar-refractivity contribution in [1.82, 2.24) is 10.6 Å². The van der Waals surface area contributed by atoms with E-state index in [-0.39, 0.29) is 17.7 Å². The lowest BCUT2D eigenvalue weighted by Crippen LogP contribution is -2.61. The van der Waals surface area contributed by atoms with Gasteiger partial charge in [0.15, 0.2) is 0 Å². The lowest BCUT2D eigenvalue weighted by molar-refractivity contribution is -0.394. The van der Waals surface area contributed by atoms with Crippen LogP contribution in [-0.2, 0) is 16.0 Å². The molecular weight excluding hydrogens is 324 g/mol. The first-order valence-corrected chi connectivity index (χ1v) is 6.85. The molecule has 0 aromatic heterocycles. The largest absolute Gasteiger partial charge is 0.490 e. The third-order valence-corrected chi connectivity index (χ3v) is 3.55. The maximum absolute atomic E-state index is 12.0. The van der Waals surface area contributed by atoms with Gasteiger partial charge in [-0.2, -0.15) is 0 Å². The van der Waals surface area contributed by atoms with Crippen LogP contribution in [0.5, 0.6) is 5.75 Å². The average Bonchev–Trinajstić information content (AvgIpc) is 2.51. The predicted molar refractivity (Wildman–Crippen MR) is 79.5 cm³/mol. The molecule has 1 saturated heterocycles. The molecule has 1 heterocycles. The third kappa shape index (κ3) is 3.24. The first-order chi connectivity index (χ1) is 11.2. The number of nitro benzene ring substituents is 2. The average molecular weight is 338 g/mol. The maximum atomic E-state index is 12.0. The van der Waals surface area contributed by atoms with Crippen molar-refractivity contribution in [2.75, 3.05) is 7.11 Å². The number of carbonyl (C=O) groups is 2. The van der Waals surface area contributed by atoms with Gasteiger partial charge in [0.2, 0.25) is 17.6 Å². The number of methoxy groups -OCH3 is 1. The zero-order valence-electron chi connectivity index (χ0n) is 12.8. The summed E-state index contributed by atoms with van der Waals surface area (Å²) in [6.45, 7) is 1.50. The number of nitrogens with one attached hydrogen (secondary N) is 2. The Labute approximate surface area is 135 Å². The van der Waals surface area contributed by atoms with E-state index in [1.165, 1.54) is 14.0 Å². The Hall–Kier alpha value is -3.24. The van der Waals surface area contributed by atoms with E-state index in [0.717, 1.165) is 12.1 Å². The SMILES string of the molecule is COc1c(C[C@@H]2NC(=O)[C@@H](C)NC2=O)cc([N+](=O)[O-])cc1[N+](=O)[O-]. The summed E-state index contributed by atoms with van der Waals surface area (Å²) in [7, 11) is 1.18. The number of amides is 2. The van der Waals surface area contributed by atoms with E-state index in [2.05, 4.69) is 10.6 Å². The van der Waals surface area contributed by atoms with Crippen LogP contribution in [0, 0.1) is 20.2 Å². The van der Waals surface area contributed by atoms with E-state index in [1.807, 2.05) is 0 Å². The molecule has 1 aromatic rings. The summed E-state index contributed by atoms with van der Waals surface area (Å²) in [4.78, 5) is 44.1. The van der Waals surface area contributed by atoms with Crippen LogP contribution in [0.3, 0.4) is 0 Å². The summed E-state index contributed by atoms with van der Waals surface area (Å²) < 4.78 is 4.99. The minimum Gasteiger partial charge on any atom is -0.490 e. The molecule has 1 aliphatic rings. The topological polar surface area (TPSA) is 154 Å². The maximum Gasteiger partial charge on any atom is 0.318 e. The smallest absolute Gasteiger partial charge is 0.318 e. The highest BCUT2D eigenvalue weighted by molar-refractivity contribution is 5.96. The van der Waals surface area contributed by atoms with Gasteiger partial charge in [-0.05, 0) is 6.92 Å². The number of carbonyl (C=O) groups excluding carboxylic acids is 2. The van der Waals surface area contributed by atoms with Gasteiger partial charge in [-0.15, -0.1) is 0 Å². The van der Waals surface area contributed by atoms with Crippen molar-refractivity contribution in [3.05, 3.63) is 37.9 Å². The first-order valence-electron chi connectivity index (χ1n) is 6.85. The zero-order valence-corrected chi connectivity index (χ0v) is 12.8. The van der Waals surface area contributed by atoms with Crippen LogP contribution in [0.2, 0.25) is 0 Å². The fourth-order valence-corrected chi connectivity index (χ4v) is 2.39. The Morgan fingerprint density at radius 1 is 1.12 bits per heavy atom. The van der Waals surface area contributed by atoms with Crippen LogP contribution < -0.4 is 15.4 Å². The fourth-order valence-electron chi connectivity index (χ4n) is 2.39. The molecular formula is C13H14N4O7. The first kappa shape index (κ1) is 17.1. The molecule has 24 heavy (non-hydrogen) atoms. The monoisotopic (exact) mass is 338 g/mol. The van der Waals surface area contributed by atoms with Crippen LogP contribution in [0.4, 0.5) is 11.4 Å². The summed E-state index contributed by atoms with van der Waals surface area (Å²) >= 11 is 0. The number of ether oxygens (including phenoxy) is 1. The second kappa shape index (κ2) is 6.48. The molecule has 128 valence electrons. The van der Waals surface area contributed by atoms with Crippen molar-refractivity contribution in [2.24, 2.45) is 0 Å². The highest BCUT2D eigenvalue weighted by Crippen LogP contribution is 2.36. The third-order valence-electron chi connectivity index (χ3n) is 3.55. The molecule has 11 heteroatoms. The molecule has 0 aliphatic carbocycles. The van der Waals surface area contributed by atoms with Crippen LogP contribution in [0.1, 0.15) is 12.5 Å². The molecule has 1 fully saturated rings. The second-order valence-electron chi connectivity index (χ2n) is 5.17. The quantitative estimate of drug-likeness (QED) is 0.568. The van der Waals surface area contributed by atoms with Crippen LogP contribution in [0.15, 0.2) is 12.1 Å². The summed E-state index contributed by atoms with van der Waals surface area (Å²) in [5.41, 5.74) is -1.01. The predicted octanol–water partition coefficient (Wildman–Crippen LogP) is 0.0572. The number of nitro groups is 2. The minimum atomic E-state index is -1.01. The molecule has 0 spiro atoms. The van der Waals surface area contributed by atoms with Gasteiger partial charge in [0.25, 0.3) is 5.69 Å². The lowest BCUT2D eigenvalue weighted by Gasteiger charge is -2.27. The zero-order chi connectivity index (χ0) is 18.0. The highest BCUT2D eigenvalue weighted by Gasteiger charge is 2.33. The Bertz CT molecular complexity index is 733. The van der Waals surface area contributed by atoms with E-state index >= 15 is 0 Å². The minimum absolute atomic E-state index is 0.0772. The van der Waals surface area contributed by atoms with E-state index in [4.69, 9.17) is 4.74 Å². The number of hydrogen-bond donors (Lipinski definition) is 2. The van der Waals surface area contributed by atoms with Gasteiger partial charge in [-0.1, -0.05) is 0 Å². The standard InChI is InChI=1S/C13H14N4O7/c1-6-12(18)15-9(13(19)14-6)4-7-3-8(16(20)21)5-10(17(22)23)11(7)24-2/h3,5-6,9H,4H2,1-2H3,(H,14,19)(H,15,18)/t6-,9+/m1/s1. The summed E-state index contributed by atoms with van der Waals surface area (Å²) in [6, 6.07) is 0.159. The molecule has 2 amide bonds. The molecule has 1 aliphatic heterocycles. The molecule has 0 saturated carbocycles. The van der Waals surface area contributed by atoms with E-state index in [1.54, 1.807) is 0 Å². The number of piperazine rings is 1. The normalized spacial score (nSPS) is 20.1. The molecule has 0 unspecified atom stereocenters. The summed E-state index contributed by atoms with van der Waals surface area (Å²) in [6.07, 6.45) is -0.185. The van der Waals surface area contributed by atoms with Gasteiger partial charge < -0.3 is 15.4 Å². The van der Waals surface area contributed by atoms with Gasteiger partial charge in [-0.25, -0.2) is 0 Å². The number of hydrogen-bond acceptors (Lipinski definition) is 7. The van der Waals surface area contributed by atoms with Crippen molar-refractivity contribution in [3.63, 3.8) is 0 Å². The number of non-ortho nitro benzene ring substituents is 1. The molecule has 0 bridgehead atoms. The van der Waals surface area contributed by atoms with Crippen LogP contribution >= 0.6 is 0 Å². The van der Waals surface area contributed by atoms with Gasteiger partial charge in [0.05, 0.1) is 23.0 Å². The van der Waals surface area contributed by atoms with Crippen molar-refractivity contribution in [2.45, 2.75) is 25.4 Å². The van der Waals surface area contributed by atoms with Gasteiger partial charge in [0.1, 0.15) is 12.1 Å². The molecule has 2 N–H and O–H groups in total.